The quantitative estimate of drug-likeness (QED) is 0.192. The van der Waals surface area contributed by atoms with E-state index in [4.69, 9.17) is 9.97 Å². The van der Waals surface area contributed by atoms with Crippen LogP contribution in [0.2, 0.25) is 0 Å². The van der Waals surface area contributed by atoms with Gasteiger partial charge in [-0.25, -0.2) is 4.98 Å². The van der Waals surface area contributed by atoms with Crippen LogP contribution in [0.4, 0.5) is 0 Å². The summed E-state index contributed by atoms with van der Waals surface area (Å²) >= 11 is 0. The van der Waals surface area contributed by atoms with Gasteiger partial charge < -0.3 is 4.40 Å². The Hall–Kier alpha value is -6.72. The third-order valence-corrected chi connectivity index (χ3v) is 10.6. The molecule has 0 aliphatic heterocycles. The zero-order chi connectivity index (χ0) is 31.8. The van der Waals surface area contributed by atoms with Crippen molar-refractivity contribution < 1.29 is 0 Å². The Morgan fingerprint density at radius 2 is 0.816 bits per heavy atom. The van der Waals surface area contributed by atoms with Gasteiger partial charge in [-0.1, -0.05) is 103 Å². The van der Waals surface area contributed by atoms with Gasteiger partial charge in [0, 0.05) is 48.5 Å². The lowest BCUT2D eigenvalue weighted by Gasteiger charge is -2.14. The highest BCUT2D eigenvalue weighted by atomic mass is 15.2. The van der Waals surface area contributed by atoms with Crippen molar-refractivity contribution in [3.05, 3.63) is 152 Å². The fourth-order valence-corrected chi connectivity index (χ4v) is 8.65. The molecule has 226 valence electrons. The van der Waals surface area contributed by atoms with E-state index in [2.05, 4.69) is 165 Å². The monoisotopic (exact) mass is 623 g/mol. The molecule has 0 saturated carbocycles. The summed E-state index contributed by atoms with van der Waals surface area (Å²) in [7, 11) is 0. The minimum absolute atomic E-state index is 0.657. The molecule has 0 bridgehead atoms. The number of para-hydroxylation sites is 6. The summed E-state index contributed by atoms with van der Waals surface area (Å²) < 4.78 is 7.06. The number of hydrogen-bond donors (Lipinski definition) is 0. The van der Waals surface area contributed by atoms with Crippen LogP contribution in [-0.4, -0.2) is 23.5 Å². The molecule has 49 heavy (non-hydrogen) atoms. The van der Waals surface area contributed by atoms with Crippen LogP contribution in [0.25, 0.3) is 104 Å². The molecule has 0 unspecified atom stereocenters. The van der Waals surface area contributed by atoms with Crippen molar-refractivity contribution >= 4 is 92.6 Å². The van der Waals surface area contributed by atoms with Gasteiger partial charge in [-0.15, -0.1) is 0 Å². The molecule has 5 heteroatoms. The number of fused-ring (bicyclic) bond motifs is 14. The standard InChI is InChI=1S/C44H25N5/c1-7-19-33-29(16-1)43(46-44(45-33)49-35-21-9-2-13-26(35)27-14-3-10-22-36(27)49)48-38-24-12-5-17-30(38)40-39(48)25-32-28-15-4-8-20-34(28)47-37-23-11-6-18-31(37)41(40)42(32)47/h1-25H. The van der Waals surface area contributed by atoms with E-state index in [1.807, 2.05) is 0 Å². The maximum absolute atomic E-state index is 5.54. The molecule has 7 aromatic carbocycles. The van der Waals surface area contributed by atoms with Crippen molar-refractivity contribution in [3.63, 3.8) is 0 Å². The van der Waals surface area contributed by atoms with E-state index in [0.29, 0.717) is 5.95 Å². The van der Waals surface area contributed by atoms with Gasteiger partial charge >= 0.3 is 0 Å². The first kappa shape index (κ1) is 25.4. The minimum Gasteiger partial charge on any atom is -0.308 e. The van der Waals surface area contributed by atoms with Gasteiger partial charge in [-0.3, -0.25) is 9.13 Å². The van der Waals surface area contributed by atoms with Crippen molar-refractivity contribution in [1.82, 2.24) is 23.5 Å². The maximum Gasteiger partial charge on any atom is 0.237 e. The third-order valence-electron chi connectivity index (χ3n) is 10.6. The first-order valence-electron chi connectivity index (χ1n) is 16.7. The second-order valence-corrected chi connectivity index (χ2v) is 13.0. The second-order valence-electron chi connectivity index (χ2n) is 13.0. The van der Waals surface area contributed by atoms with Gasteiger partial charge in [-0.05, 0) is 48.5 Å². The van der Waals surface area contributed by atoms with E-state index >= 15 is 0 Å². The minimum atomic E-state index is 0.657. The summed E-state index contributed by atoms with van der Waals surface area (Å²) in [5.74, 6) is 1.53. The van der Waals surface area contributed by atoms with Crippen LogP contribution in [0.3, 0.4) is 0 Å². The second kappa shape index (κ2) is 9.00. The summed E-state index contributed by atoms with van der Waals surface area (Å²) in [4.78, 5) is 10.8. The molecule has 0 fully saturated rings. The summed E-state index contributed by atoms with van der Waals surface area (Å²) in [6, 6.07) is 54.3. The van der Waals surface area contributed by atoms with Gasteiger partial charge in [0.1, 0.15) is 0 Å². The Labute approximate surface area is 278 Å². The zero-order valence-corrected chi connectivity index (χ0v) is 26.2. The van der Waals surface area contributed by atoms with Gasteiger partial charge in [0.15, 0.2) is 5.82 Å². The normalized spacial score (nSPS) is 12.5. The molecular formula is C44H25N5. The molecule has 5 aromatic heterocycles. The number of nitrogens with zero attached hydrogens (tertiary/aromatic N) is 5. The smallest absolute Gasteiger partial charge is 0.237 e. The van der Waals surface area contributed by atoms with E-state index in [9.17, 15) is 0 Å². The molecule has 0 amide bonds. The molecule has 0 aliphatic rings. The number of benzene rings is 7. The Bertz CT molecular complexity index is 3290. The molecule has 0 radical (unpaired) electrons. The highest BCUT2D eigenvalue weighted by Gasteiger charge is 2.25. The topological polar surface area (TPSA) is 40.0 Å². The summed E-state index contributed by atoms with van der Waals surface area (Å²) in [6.45, 7) is 0. The van der Waals surface area contributed by atoms with E-state index in [-0.39, 0.29) is 0 Å². The Morgan fingerprint density at radius 3 is 1.47 bits per heavy atom. The van der Waals surface area contributed by atoms with Crippen LogP contribution < -0.4 is 0 Å². The van der Waals surface area contributed by atoms with Crippen LogP contribution in [-0.2, 0) is 0 Å². The van der Waals surface area contributed by atoms with Crippen LogP contribution >= 0.6 is 0 Å². The molecule has 0 N–H and O–H groups in total. The molecule has 0 atom stereocenters. The number of aromatic nitrogens is 5. The van der Waals surface area contributed by atoms with Crippen molar-refractivity contribution in [2.75, 3.05) is 0 Å². The van der Waals surface area contributed by atoms with Crippen LogP contribution in [0.5, 0.6) is 0 Å². The van der Waals surface area contributed by atoms with Crippen LogP contribution in [0, 0.1) is 0 Å². The fourth-order valence-electron chi connectivity index (χ4n) is 8.65. The number of rotatable bonds is 2. The van der Waals surface area contributed by atoms with Gasteiger partial charge in [0.25, 0.3) is 0 Å². The Balaban J connectivity index is 1.30. The highest BCUT2D eigenvalue weighted by molar-refractivity contribution is 6.35. The van der Waals surface area contributed by atoms with E-state index in [1.165, 1.54) is 59.6 Å². The summed E-state index contributed by atoms with van der Waals surface area (Å²) in [5, 5.41) is 10.9. The molecular weight excluding hydrogens is 599 g/mol. The lowest BCUT2D eigenvalue weighted by Crippen LogP contribution is -2.07. The van der Waals surface area contributed by atoms with Crippen LogP contribution in [0.1, 0.15) is 0 Å². The highest BCUT2D eigenvalue weighted by Crippen LogP contribution is 2.47. The lowest BCUT2D eigenvalue weighted by molar-refractivity contribution is 0.973. The SMILES string of the molecule is c1ccc2c(-n3c4ccccc4c4c5c6ccccc6n6c7ccccc7c(cc43)c56)nc(-n3c4ccccc4c4ccccc43)nc2c1. The molecule has 0 spiro atoms. The van der Waals surface area contributed by atoms with E-state index < -0.39 is 0 Å². The number of hydrogen-bond acceptors (Lipinski definition) is 2. The maximum atomic E-state index is 5.54. The molecule has 0 aliphatic carbocycles. The van der Waals surface area contributed by atoms with Crippen molar-refractivity contribution in [3.8, 4) is 11.8 Å². The van der Waals surface area contributed by atoms with Crippen molar-refractivity contribution in [1.29, 1.82) is 0 Å². The lowest BCUT2D eigenvalue weighted by atomic mass is 10.0. The zero-order valence-electron chi connectivity index (χ0n) is 26.2. The summed E-state index contributed by atoms with van der Waals surface area (Å²) in [6.07, 6.45) is 0. The Kier molecular flexibility index (Phi) is 4.66. The predicted molar refractivity (Wildman–Crippen MR) is 203 cm³/mol. The van der Waals surface area contributed by atoms with E-state index in [0.717, 1.165) is 38.8 Å². The first-order valence-corrected chi connectivity index (χ1v) is 16.7. The predicted octanol–water partition coefficient (Wildman–Crippen LogP) is 11.0. The van der Waals surface area contributed by atoms with Gasteiger partial charge in [-0.2, -0.15) is 4.98 Å². The molecule has 5 nitrogen and oxygen atoms in total. The Morgan fingerprint density at radius 1 is 0.347 bits per heavy atom. The molecule has 5 heterocycles. The fraction of sp³-hybridized carbons (Fsp3) is 0. The first-order chi connectivity index (χ1) is 24.3. The molecule has 12 rings (SSSR count). The third kappa shape index (κ3) is 3.10. The van der Waals surface area contributed by atoms with Gasteiger partial charge in [0.2, 0.25) is 5.95 Å². The van der Waals surface area contributed by atoms with Crippen molar-refractivity contribution in [2.24, 2.45) is 0 Å². The van der Waals surface area contributed by atoms with E-state index in [1.54, 1.807) is 0 Å². The summed E-state index contributed by atoms with van der Waals surface area (Å²) in [5.41, 5.74) is 9.08. The van der Waals surface area contributed by atoms with Crippen LogP contribution in [0.15, 0.2) is 152 Å². The van der Waals surface area contributed by atoms with Gasteiger partial charge in [0.05, 0.1) is 44.1 Å². The largest absolute Gasteiger partial charge is 0.308 e. The average molecular weight is 624 g/mol. The average Bonchev–Trinajstić information content (AvgIpc) is 3.88. The molecule has 12 aromatic rings. The molecule has 0 saturated heterocycles. The van der Waals surface area contributed by atoms with Crippen molar-refractivity contribution in [2.45, 2.75) is 0 Å².